The summed E-state index contributed by atoms with van der Waals surface area (Å²) in [4.78, 5) is 44.4. The van der Waals surface area contributed by atoms with E-state index >= 15 is 0 Å². The number of amides is 3. The van der Waals surface area contributed by atoms with Crippen LogP contribution in [0.2, 0.25) is 0 Å². The zero-order valence-electron chi connectivity index (χ0n) is 26.4. The molecular weight excluding hydrogens is 582 g/mol. The summed E-state index contributed by atoms with van der Waals surface area (Å²) >= 11 is 0. The molecule has 2 N–H and O–H groups in total. The number of nitrogens with one attached hydrogen (secondary N) is 2. The standard InChI is InChI=1S/C34H41N9O3/c1-34(33-37-39-40-38-33,13-14-36-23-30(44)43-19-3-8-28(43)22-35)29-12-11-27(32(46)42-17-5-18-42)21-25(29)10-9-24-6-2-7-26(20-24)31(45)41-15-4-16-41/h2,6-7,11-12,20-21,28,36H,3-5,8-10,13-19,23H2,1H3,(H,37,38,39,40)/t28-,34?/m0/s1. The van der Waals surface area contributed by atoms with E-state index in [2.05, 4.69) is 38.9 Å². The van der Waals surface area contributed by atoms with Gasteiger partial charge in [-0.3, -0.25) is 14.4 Å². The topological polar surface area (TPSA) is 151 Å². The lowest BCUT2D eigenvalue weighted by Gasteiger charge is -2.32. The maximum absolute atomic E-state index is 13.3. The van der Waals surface area contributed by atoms with Crippen LogP contribution in [0.15, 0.2) is 42.5 Å². The van der Waals surface area contributed by atoms with Gasteiger partial charge in [0.1, 0.15) is 6.04 Å². The molecule has 3 aliphatic rings. The Bertz CT molecular complexity index is 1610. The lowest BCUT2D eigenvalue weighted by atomic mass is 9.75. The number of carbonyl (C=O) groups is 3. The first-order chi connectivity index (χ1) is 22.4. The molecule has 12 heteroatoms. The van der Waals surface area contributed by atoms with E-state index in [1.54, 1.807) is 4.90 Å². The van der Waals surface area contributed by atoms with Gasteiger partial charge in [0.25, 0.3) is 11.8 Å². The van der Waals surface area contributed by atoms with Crippen molar-refractivity contribution in [2.75, 3.05) is 45.8 Å². The van der Waals surface area contributed by atoms with Gasteiger partial charge < -0.3 is 20.0 Å². The van der Waals surface area contributed by atoms with E-state index in [4.69, 9.17) is 0 Å². The van der Waals surface area contributed by atoms with Crippen LogP contribution < -0.4 is 5.32 Å². The first-order valence-electron chi connectivity index (χ1n) is 16.3. The van der Waals surface area contributed by atoms with Crippen LogP contribution >= 0.6 is 0 Å². The molecule has 12 nitrogen and oxygen atoms in total. The number of rotatable bonds is 12. The maximum atomic E-state index is 13.3. The fourth-order valence-electron chi connectivity index (χ4n) is 6.61. The Labute approximate surface area is 269 Å². The van der Waals surface area contributed by atoms with Crippen LogP contribution in [0.25, 0.3) is 0 Å². The summed E-state index contributed by atoms with van der Waals surface area (Å²) in [5.41, 5.74) is 3.70. The van der Waals surface area contributed by atoms with Gasteiger partial charge in [-0.2, -0.15) is 10.5 Å². The molecule has 4 heterocycles. The number of H-pyrrole nitrogens is 1. The number of nitriles is 1. The molecule has 2 atom stereocenters. The fraction of sp³-hybridized carbons (Fsp3) is 0.500. The minimum atomic E-state index is -0.686. The van der Waals surface area contributed by atoms with Crippen LogP contribution in [0.1, 0.15) is 82.3 Å². The third kappa shape index (κ3) is 6.51. The minimum absolute atomic E-state index is 0.0280. The van der Waals surface area contributed by atoms with Crippen LogP contribution in [0.3, 0.4) is 0 Å². The maximum Gasteiger partial charge on any atom is 0.253 e. The normalized spacial score (nSPS) is 18.8. The smallest absolute Gasteiger partial charge is 0.253 e. The molecule has 0 bridgehead atoms. The third-order valence-electron chi connectivity index (χ3n) is 9.73. The lowest BCUT2D eigenvalue weighted by molar-refractivity contribution is -0.130. The third-order valence-corrected chi connectivity index (χ3v) is 9.73. The van der Waals surface area contributed by atoms with Crippen molar-refractivity contribution in [3.8, 4) is 6.07 Å². The fourth-order valence-corrected chi connectivity index (χ4v) is 6.61. The molecule has 240 valence electrons. The van der Waals surface area contributed by atoms with Gasteiger partial charge in [-0.1, -0.05) is 23.4 Å². The Hall–Kier alpha value is -4.63. The Balaban J connectivity index is 1.23. The number of nitrogens with zero attached hydrogens (tertiary/aromatic N) is 7. The van der Waals surface area contributed by atoms with E-state index in [0.29, 0.717) is 49.3 Å². The predicted molar refractivity (Wildman–Crippen MR) is 170 cm³/mol. The van der Waals surface area contributed by atoms with E-state index in [1.807, 2.05) is 52.3 Å². The lowest BCUT2D eigenvalue weighted by Crippen LogP contribution is -2.42. The molecule has 3 aliphatic heterocycles. The first-order valence-corrected chi connectivity index (χ1v) is 16.3. The minimum Gasteiger partial charge on any atom is -0.339 e. The second kappa shape index (κ2) is 13.8. The van der Waals surface area contributed by atoms with Crippen molar-refractivity contribution in [3.05, 3.63) is 76.1 Å². The van der Waals surface area contributed by atoms with Crippen LogP contribution in [0, 0.1) is 11.3 Å². The van der Waals surface area contributed by atoms with Crippen molar-refractivity contribution in [1.82, 2.24) is 40.6 Å². The highest BCUT2D eigenvalue weighted by molar-refractivity contribution is 5.95. The van der Waals surface area contributed by atoms with Crippen molar-refractivity contribution < 1.29 is 14.4 Å². The average molecular weight is 624 g/mol. The van der Waals surface area contributed by atoms with Gasteiger partial charge in [0.05, 0.1) is 18.0 Å². The Morgan fingerprint density at radius 2 is 1.72 bits per heavy atom. The summed E-state index contributed by atoms with van der Waals surface area (Å²) in [7, 11) is 0. The van der Waals surface area contributed by atoms with E-state index in [9.17, 15) is 19.6 Å². The molecule has 2 aromatic carbocycles. The average Bonchev–Trinajstić information content (AvgIpc) is 3.73. The highest BCUT2D eigenvalue weighted by atomic mass is 16.2. The zero-order chi connectivity index (χ0) is 32.1. The molecule has 46 heavy (non-hydrogen) atoms. The van der Waals surface area contributed by atoms with Gasteiger partial charge in [0, 0.05) is 43.9 Å². The highest BCUT2D eigenvalue weighted by Gasteiger charge is 2.36. The molecule has 3 fully saturated rings. The number of hydrogen-bond acceptors (Lipinski definition) is 8. The quantitative estimate of drug-likeness (QED) is 0.292. The number of aromatic amines is 1. The number of tetrazole rings is 1. The number of aryl methyl sites for hydroxylation is 2. The zero-order valence-corrected chi connectivity index (χ0v) is 26.4. The van der Waals surface area contributed by atoms with Crippen molar-refractivity contribution in [2.24, 2.45) is 0 Å². The molecule has 1 unspecified atom stereocenters. The van der Waals surface area contributed by atoms with Gasteiger partial charge in [-0.25, -0.2) is 0 Å². The van der Waals surface area contributed by atoms with Gasteiger partial charge in [-0.15, -0.1) is 10.2 Å². The van der Waals surface area contributed by atoms with Crippen LogP contribution in [-0.2, 0) is 23.1 Å². The largest absolute Gasteiger partial charge is 0.339 e. The van der Waals surface area contributed by atoms with E-state index in [1.165, 1.54) is 0 Å². The van der Waals surface area contributed by atoms with Gasteiger partial charge in [0.2, 0.25) is 5.91 Å². The summed E-state index contributed by atoms with van der Waals surface area (Å²) in [5.74, 6) is 0.546. The van der Waals surface area contributed by atoms with E-state index < -0.39 is 5.41 Å². The highest BCUT2D eigenvalue weighted by Crippen LogP contribution is 2.36. The van der Waals surface area contributed by atoms with Crippen molar-refractivity contribution in [3.63, 3.8) is 0 Å². The first kappa shape index (κ1) is 31.4. The Kier molecular flexibility index (Phi) is 9.40. The molecule has 0 radical (unpaired) electrons. The predicted octanol–water partition coefficient (Wildman–Crippen LogP) is 2.48. The molecule has 0 spiro atoms. The monoisotopic (exact) mass is 623 g/mol. The Morgan fingerprint density at radius 3 is 2.37 bits per heavy atom. The molecule has 3 amide bonds. The van der Waals surface area contributed by atoms with Gasteiger partial charge in [-0.05, 0) is 99.4 Å². The summed E-state index contributed by atoms with van der Waals surface area (Å²) in [5, 5.41) is 27.9. The number of benzene rings is 2. The van der Waals surface area contributed by atoms with Crippen LogP contribution in [-0.4, -0.2) is 105 Å². The summed E-state index contributed by atoms with van der Waals surface area (Å²) in [6, 6.07) is 15.6. The van der Waals surface area contributed by atoms with Crippen LogP contribution in [0.4, 0.5) is 0 Å². The number of aromatic nitrogens is 4. The van der Waals surface area contributed by atoms with Crippen molar-refractivity contribution in [1.29, 1.82) is 5.26 Å². The molecule has 3 saturated heterocycles. The van der Waals surface area contributed by atoms with Crippen molar-refractivity contribution >= 4 is 17.7 Å². The van der Waals surface area contributed by atoms with E-state index in [0.717, 1.165) is 68.6 Å². The molecule has 1 aromatic heterocycles. The number of hydrogen-bond donors (Lipinski definition) is 2. The molecule has 0 aliphatic carbocycles. The number of likely N-dealkylation sites (tertiary alicyclic amines) is 3. The van der Waals surface area contributed by atoms with Gasteiger partial charge in [0.15, 0.2) is 5.82 Å². The summed E-state index contributed by atoms with van der Waals surface area (Å²) in [6.07, 6.45) is 5.51. The van der Waals surface area contributed by atoms with Crippen molar-refractivity contribution in [2.45, 2.75) is 63.3 Å². The van der Waals surface area contributed by atoms with Gasteiger partial charge >= 0.3 is 0 Å². The second-order valence-corrected chi connectivity index (χ2v) is 12.7. The summed E-state index contributed by atoms with van der Waals surface area (Å²) in [6.45, 7) is 6.47. The molecular formula is C34H41N9O3. The summed E-state index contributed by atoms with van der Waals surface area (Å²) < 4.78 is 0. The molecule has 6 rings (SSSR count). The number of carbonyl (C=O) groups excluding carboxylic acids is 3. The SMILES string of the molecule is CC(CCNCC(=O)N1CCC[C@H]1C#N)(c1nn[nH]n1)c1ccc(C(=O)N2CCC2)cc1CCc1cccc(C(=O)N2CCC2)c1. The Morgan fingerprint density at radius 1 is 0.978 bits per heavy atom. The molecule has 0 saturated carbocycles. The van der Waals surface area contributed by atoms with Crippen LogP contribution in [0.5, 0.6) is 0 Å². The van der Waals surface area contributed by atoms with E-state index in [-0.39, 0.29) is 30.3 Å². The molecule has 3 aromatic rings. The second-order valence-electron chi connectivity index (χ2n) is 12.7.